The highest BCUT2D eigenvalue weighted by Gasteiger charge is 2.09. The van der Waals surface area contributed by atoms with Crippen LogP contribution >= 0.6 is 12.2 Å². The predicted molar refractivity (Wildman–Crippen MR) is 65.7 cm³/mol. The maximum absolute atomic E-state index is 5.22. The molecular formula is C11H22N2S. The molecule has 0 saturated carbocycles. The van der Waals surface area contributed by atoms with Gasteiger partial charge in [0.15, 0.2) is 0 Å². The summed E-state index contributed by atoms with van der Waals surface area (Å²) in [6.07, 6.45) is 4.15. The smallest absolute Gasteiger partial charge is 0.0779 e. The van der Waals surface area contributed by atoms with Gasteiger partial charge in [-0.2, -0.15) is 0 Å². The third-order valence-corrected chi connectivity index (χ3v) is 3.32. The molecule has 0 aromatic carbocycles. The average molecular weight is 214 g/mol. The zero-order valence-electron chi connectivity index (χ0n) is 9.38. The molecule has 0 aromatic heterocycles. The summed E-state index contributed by atoms with van der Waals surface area (Å²) in [5, 5.41) is 3.32. The van der Waals surface area contributed by atoms with Crippen LogP contribution in [0.2, 0.25) is 0 Å². The van der Waals surface area contributed by atoms with Crippen LogP contribution in [0.15, 0.2) is 0 Å². The number of likely N-dealkylation sites (tertiary alicyclic amines) is 1. The number of thiocarbonyl (C=S) groups is 1. The number of piperidine rings is 1. The monoisotopic (exact) mass is 214 g/mol. The van der Waals surface area contributed by atoms with Gasteiger partial charge >= 0.3 is 0 Å². The highest BCUT2D eigenvalue weighted by atomic mass is 32.1. The minimum atomic E-state index is 0.478. The molecule has 0 bridgehead atoms. The molecule has 1 aliphatic rings. The van der Waals surface area contributed by atoms with Crippen molar-refractivity contribution in [2.45, 2.75) is 33.1 Å². The van der Waals surface area contributed by atoms with Crippen LogP contribution in [0.25, 0.3) is 0 Å². The van der Waals surface area contributed by atoms with E-state index in [0.29, 0.717) is 5.92 Å². The fraction of sp³-hybridized carbons (Fsp3) is 0.909. The summed E-state index contributed by atoms with van der Waals surface area (Å²) in [4.78, 5) is 3.53. The number of hydrogen-bond donors (Lipinski definition) is 1. The van der Waals surface area contributed by atoms with Gasteiger partial charge in [0.25, 0.3) is 0 Å². The second-order valence-electron chi connectivity index (χ2n) is 4.35. The van der Waals surface area contributed by atoms with E-state index in [2.05, 4.69) is 24.1 Å². The van der Waals surface area contributed by atoms with Crippen molar-refractivity contribution in [2.24, 2.45) is 5.92 Å². The molecule has 1 heterocycles. The Kier molecular flexibility index (Phi) is 5.41. The van der Waals surface area contributed by atoms with Crippen molar-refractivity contribution in [1.29, 1.82) is 0 Å². The first-order valence-corrected chi connectivity index (χ1v) is 6.11. The van der Waals surface area contributed by atoms with Crippen molar-refractivity contribution in [3.05, 3.63) is 0 Å². The van der Waals surface area contributed by atoms with Crippen LogP contribution in [0.3, 0.4) is 0 Å². The third kappa shape index (κ3) is 4.38. The first-order valence-electron chi connectivity index (χ1n) is 5.70. The molecule has 0 amide bonds. The lowest BCUT2D eigenvalue weighted by molar-refractivity contribution is 0.232. The SMILES string of the molecule is CC(C)C(=S)NCCN1CCCCC1. The lowest BCUT2D eigenvalue weighted by Gasteiger charge is -2.26. The van der Waals surface area contributed by atoms with Crippen molar-refractivity contribution in [2.75, 3.05) is 26.2 Å². The molecule has 1 aliphatic heterocycles. The van der Waals surface area contributed by atoms with E-state index < -0.39 is 0 Å². The first kappa shape index (κ1) is 11.9. The Morgan fingerprint density at radius 1 is 1.29 bits per heavy atom. The Morgan fingerprint density at radius 3 is 2.50 bits per heavy atom. The molecule has 1 rings (SSSR count). The van der Waals surface area contributed by atoms with Crippen molar-refractivity contribution < 1.29 is 0 Å². The summed E-state index contributed by atoms with van der Waals surface area (Å²) in [6, 6.07) is 0. The van der Waals surface area contributed by atoms with Gasteiger partial charge in [-0.1, -0.05) is 32.5 Å². The van der Waals surface area contributed by atoms with Gasteiger partial charge < -0.3 is 10.2 Å². The minimum Gasteiger partial charge on any atom is -0.378 e. The standard InChI is InChI=1S/C11H22N2S/c1-10(2)11(14)12-6-9-13-7-4-3-5-8-13/h10H,3-9H2,1-2H3,(H,12,14). The third-order valence-electron chi connectivity index (χ3n) is 2.70. The van der Waals surface area contributed by atoms with Crippen LogP contribution in [-0.4, -0.2) is 36.1 Å². The quantitative estimate of drug-likeness (QED) is 0.721. The van der Waals surface area contributed by atoms with Crippen molar-refractivity contribution in [3.63, 3.8) is 0 Å². The topological polar surface area (TPSA) is 15.3 Å². The molecule has 0 aromatic rings. The molecule has 14 heavy (non-hydrogen) atoms. The normalized spacial score (nSPS) is 18.5. The summed E-state index contributed by atoms with van der Waals surface area (Å²) in [5.74, 6) is 0.478. The van der Waals surface area contributed by atoms with Gasteiger partial charge in [0.05, 0.1) is 4.99 Å². The first-order chi connectivity index (χ1) is 6.70. The second kappa shape index (κ2) is 6.36. The molecule has 0 unspecified atom stereocenters. The molecule has 0 aliphatic carbocycles. The van der Waals surface area contributed by atoms with Gasteiger partial charge in [-0.15, -0.1) is 0 Å². The number of nitrogens with zero attached hydrogens (tertiary/aromatic N) is 1. The van der Waals surface area contributed by atoms with Gasteiger partial charge in [-0.25, -0.2) is 0 Å². The van der Waals surface area contributed by atoms with Gasteiger partial charge in [0.1, 0.15) is 0 Å². The molecule has 1 fully saturated rings. The van der Waals surface area contributed by atoms with Gasteiger partial charge in [-0.3, -0.25) is 0 Å². The Morgan fingerprint density at radius 2 is 1.93 bits per heavy atom. The molecule has 82 valence electrons. The van der Waals surface area contributed by atoms with E-state index in [-0.39, 0.29) is 0 Å². The minimum absolute atomic E-state index is 0.478. The van der Waals surface area contributed by atoms with E-state index in [1.807, 2.05) is 0 Å². The van der Waals surface area contributed by atoms with Crippen LogP contribution in [0.1, 0.15) is 33.1 Å². The average Bonchev–Trinajstić information content (AvgIpc) is 2.19. The van der Waals surface area contributed by atoms with Crippen LogP contribution in [0.5, 0.6) is 0 Å². The molecule has 0 atom stereocenters. The summed E-state index contributed by atoms with van der Waals surface area (Å²) in [7, 11) is 0. The summed E-state index contributed by atoms with van der Waals surface area (Å²) in [6.45, 7) is 8.97. The number of nitrogens with one attached hydrogen (secondary N) is 1. The maximum Gasteiger partial charge on any atom is 0.0779 e. The molecule has 1 saturated heterocycles. The number of hydrogen-bond acceptors (Lipinski definition) is 2. The highest BCUT2D eigenvalue weighted by Crippen LogP contribution is 2.07. The van der Waals surface area contributed by atoms with E-state index in [0.717, 1.165) is 18.1 Å². The molecular weight excluding hydrogens is 192 g/mol. The zero-order valence-corrected chi connectivity index (χ0v) is 10.2. The lowest BCUT2D eigenvalue weighted by Crippen LogP contribution is -2.38. The van der Waals surface area contributed by atoms with Crippen molar-refractivity contribution in [1.82, 2.24) is 10.2 Å². The largest absolute Gasteiger partial charge is 0.378 e. The van der Waals surface area contributed by atoms with E-state index in [1.54, 1.807) is 0 Å². The molecule has 2 nitrogen and oxygen atoms in total. The Balaban J connectivity index is 2.05. The van der Waals surface area contributed by atoms with Gasteiger partial charge in [0, 0.05) is 19.0 Å². The lowest BCUT2D eigenvalue weighted by atomic mass is 10.1. The molecule has 1 N–H and O–H groups in total. The Labute approximate surface area is 93.1 Å². The Bertz CT molecular complexity index is 174. The van der Waals surface area contributed by atoms with E-state index in [1.165, 1.54) is 32.4 Å². The maximum atomic E-state index is 5.22. The predicted octanol–water partition coefficient (Wildman–Crippen LogP) is 2.05. The van der Waals surface area contributed by atoms with Crippen molar-refractivity contribution in [3.8, 4) is 0 Å². The van der Waals surface area contributed by atoms with Crippen LogP contribution in [0.4, 0.5) is 0 Å². The summed E-state index contributed by atoms with van der Waals surface area (Å²) >= 11 is 5.22. The second-order valence-corrected chi connectivity index (χ2v) is 4.79. The van der Waals surface area contributed by atoms with Crippen molar-refractivity contribution >= 4 is 17.2 Å². The zero-order chi connectivity index (χ0) is 10.4. The molecule has 0 radical (unpaired) electrons. The Hall–Kier alpha value is -0.150. The van der Waals surface area contributed by atoms with Gasteiger partial charge in [-0.05, 0) is 25.9 Å². The fourth-order valence-electron chi connectivity index (χ4n) is 1.72. The van der Waals surface area contributed by atoms with Crippen LogP contribution < -0.4 is 5.32 Å². The van der Waals surface area contributed by atoms with Crippen LogP contribution in [0, 0.1) is 5.92 Å². The van der Waals surface area contributed by atoms with Crippen LogP contribution in [-0.2, 0) is 0 Å². The highest BCUT2D eigenvalue weighted by molar-refractivity contribution is 7.80. The summed E-state index contributed by atoms with van der Waals surface area (Å²) in [5.41, 5.74) is 0. The molecule has 0 spiro atoms. The summed E-state index contributed by atoms with van der Waals surface area (Å²) < 4.78 is 0. The van der Waals surface area contributed by atoms with E-state index >= 15 is 0 Å². The number of rotatable bonds is 4. The van der Waals surface area contributed by atoms with E-state index in [4.69, 9.17) is 12.2 Å². The molecule has 3 heteroatoms. The van der Waals surface area contributed by atoms with Gasteiger partial charge in [0.2, 0.25) is 0 Å². The fourth-order valence-corrected chi connectivity index (χ4v) is 1.83. The van der Waals surface area contributed by atoms with E-state index in [9.17, 15) is 0 Å².